The minimum atomic E-state index is -3.55. The predicted octanol–water partition coefficient (Wildman–Crippen LogP) is 1.62. The lowest BCUT2D eigenvalue weighted by Crippen LogP contribution is -2.70. The van der Waals surface area contributed by atoms with E-state index in [1.807, 2.05) is 19.9 Å². The van der Waals surface area contributed by atoms with Crippen molar-refractivity contribution in [2.24, 2.45) is 0 Å². The lowest BCUT2D eigenvalue weighted by Gasteiger charge is -2.55. The van der Waals surface area contributed by atoms with Gasteiger partial charge >= 0.3 is 0 Å². The summed E-state index contributed by atoms with van der Waals surface area (Å²) in [6, 6.07) is 8.02. The Balaban J connectivity index is 1.57. The summed E-state index contributed by atoms with van der Waals surface area (Å²) in [5.74, 6) is 0.891. The van der Waals surface area contributed by atoms with E-state index >= 15 is 0 Å². The van der Waals surface area contributed by atoms with E-state index in [9.17, 15) is 8.42 Å². The molecule has 2 unspecified atom stereocenters. The third kappa shape index (κ3) is 2.55. The summed E-state index contributed by atoms with van der Waals surface area (Å²) in [4.78, 5) is 11.0. The van der Waals surface area contributed by atoms with Gasteiger partial charge in [-0.25, -0.2) is 18.4 Å². The smallest absolute Gasteiger partial charge is 0.243 e. The Hall–Kier alpha value is -2.50. The van der Waals surface area contributed by atoms with Gasteiger partial charge in [0.1, 0.15) is 12.1 Å². The first-order chi connectivity index (χ1) is 12.4. The minimum Gasteiger partial charge on any atom is -0.353 e. The molecule has 0 spiro atoms. The van der Waals surface area contributed by atoms with Crippen molar-refractivity contribution in [2.45, 2.75) is 37.2 Å². The van der Waals surface area contributed by atoms with Gasteiger partial charge in [0.05, 0.1) is 16.5 Å². The second kappa shape index (κ2) is 6.04. The second-order valence-electron chi connectivity index (χ2n) is 6.83. The van der Waals surface area contributed by atoms with Gasteiger partial charge in [-0.2, -0.15) is 9.57 Å². The summed E-state index contributed by atoms with van der Waals surface area (Å²) >= 11 is 0. The zero-order valence-electron chi connectivity index (χ0n) is 14.6. The molecule has 0 N–H and O–H groups in total. The molecule has 4 heterocycles. The van der Waals surface area contributed by atoms with E-state index in [2.05, 4.69) is 14.9 Å². The van der Waals surface area contributed by atoms with Crippen molar-refractivity contribution >= 4 is 15.8 Å². The van der Waals surface area contributed by atoms with Crippen molar-refractivity contribution in [2.75, 3.05) is 18.0 Å². The van der Waals surface area contributed by atoms with Crippen molar-refractivity contribution in [3.63, 3.8) is 0 Å². The van der Waals surface area contributed by atoms with Gasteiger partial charge in [-0.05, 0) is 44.5 Å². The molecule has 3 aliphatic heterocycles. The Morgan fingerprint density at radius 2 is 1.77 bits per heavy atom. The Kier molecular flexibility index (Phi) is 3.93. The van der Waals surface area contributed by atoms with Gasteiger partial charge in [0.2, 0.25) is 10.0 Å². The topological polar surface area (TPSA) is 90.2 Å². The van der Waals surface area contributed by atoms with Gasteiger partial charge in [0, 0.05) is 36.4 Å². The van der Waals surface area contributed by atoms with Gasteiger partial charge in [-0.1, -0.05) is 0 Å². The number of benzene rings is 1. The molecule has 8 heteroatoms. The molecule has 2 atom stereocenters. The monoisotopic (exact) mass is 369 g/mol. The van der Waals surface area contributed by atoms with E-state index in [1.165, 1.54) is 12.1 Å². The normalized spacial score (nSPS) is 22.6. The van der Waals surface area contributed by atoms with Crippen LogP contribution in [-0.4, -0.2) is 47.9 Å². The molecule has 3 saturated heterocycles. The standard InChI is InChI=1S/C18H19N5O2S/c1-12-13(2)20-11-21-18(12)22-9-15-7-16(10-22)23(15)26(24,25)17-5-3-14(8-19)4-6-17/h3-6,11,15-16H,7,9-10H2,1-2H3. The third-order valence-corrected chi connectivity index (χ3v) is 7.31. The maximum Gasteiger partial charge on any atom is 0.243 e. The summed E-state index contributed by atoms with van der Waals surface area (Å²) in [6.45, 7) is 5.20. The van der Waals surface area contributed by atoms with E-state index in [0.29, 0.717) is 18.7 Å². The number of aryl methyl sites for hydroxylation is 1. The fourth-order valence-corrected chi connectivity index (χ4v) is 5.62. The molecular formula is C18H19N5O2S. The van der Waals surface area contributed by atoms with Gasteiger partial charge in [0.15, 0.2) is 0 Å². The molecule has 0 amide bonds. The number of rotatable bonds is 3. The molecule has 7 nitrogen and oxygen atoms in total. The van der Waals surface area contributed by atoms with Crippen LogP contribution in [0.1, 0.15) is 23.2 Å². The van der Waals surface area contributed by atoms with E-state index in [-0.39, 0.29) is 17.0 Å². The van der Waals surface area contributed by atoms with Crippen molar-refractivity contribution in [1.29, 1.82) is 5.26 Å². The number of fused-ring (bicyclic) bond motifs is 2. The van der Waals surface area contributed by atoms with Crippen LogP contribution in [0.3, 0.4) is 0 Å². The van der Waals surface area contributed by atoms with Crippen molar-refractivity contribution in [1.82, 2.24) is 14.3 Å². The number of piperidine rings is 1. The molecule has 0 radical (unpaired) electrons. The fraction of sp³-hybridized carbons (Fsp3) is 0.389. The quantitative estimate of drug-likeness (QED) is 0.817. The lowest BCUT2D eigenvalue weighted by atomic mass is 9.91. The van der Waals surface area contributed by atoms with Crippen LogP contribution in [0.4, 0.5) is 5.82 Å². The van der Waals surface area contributed by atoms with Gasteiger partial charge < -0.3 is 4.90 Å². The van der Waals surface area contributed by atoms with Crippen molar-refractivity contribution in [3.8, 4) is 6.07 Å². The van der Waals surface area contributed by atoms with Crippen LogP contribution in [0.2, 0.25) is 0 Å². The zero-order chi connectivity index (χ0) is 18.5. The first-order valence-corrected chi connectivity index (χ1v) is 9.92. The Bertz CT molecular complexity index is 985. The average Bonchev–Trinajstić information content (AvgIpc) is 2.63. The van der Waals surface area contributed by atoms with Crippen LogP contribution in [0.15, 0.2) is 35.5 Å². The highest BCUT2D eigenvalue weighted by atomic mass is 32.2. The molecule has 1 aromatic carbocycles. The number of nitrogens with zero attached hydrogens (tertiary/aromatic N) is 5. The minimum absolute atomic E-state index is 0.0518. The molecule has 2 aromatic rings. The summed E-state index contributed by atoms with van der Waals surface area (Å²) in [7, 11) is -3.55. The molecule has 1 aromatic heterocycles. The second-order valence-corrected chi connectivity index (χ2v) is 8.67. The summed E-state index contributed by atoms with van der Waals surface area (Å²) in [5, 5.41) is 8.88. The molecule has 0 saturated carbocycles. The first kappa shape index (κ1) is 16.9. The molecule has 26 heavy (non-hydrogen) atoms. The zero-order valence-corrected chi connectivity index (χ0v) is 15.4. The number of hydrogen-bond donors (Lipinski definition) is 0. The lowest BCUT2D eigenvalue weighted by molar-refractivity contribution is 0.0874. The number of nitriles is 1. The highest BCUT2D eigenvalue weighted by Gasteiger charge is 2.51. The van der Waals surface area contributed by atoms with Crippen LogP contribution in [0, 0.1) is 25.2 Å². The molecule has 0 aliphatic carbocycles. The average molecular weight is 369 g/mol. The van der Waals surface area contributed by atoms with Crippen LogP contribution in [-0.2, 0) is 10.0 Å². The van der Waals surface area contributed by atoms with Crippen LogP contribution < -0.4 is 4.90 Å². The van der Waals surface area contributed by atoms with E-state index in [1.54, 1.807) is 22.8 Å². The highest BCUT2D eigenvalue weighted by molar-refractivity contribution is 7.89. The molecule has 3 aliphatic rings. The largest absolute Gasteiger partial charge is 0.353 e. The number of piperazine rings is 1. The van der Waals surface area contributed by atoms with Crippen LogP contribution >= 0.6 is 0 Å². The number of sulfonamides is 1. The van der Waals surface area contributed by atoms with Crippen molar-refractivity contribution in [3.05, 3.63) is 47.4 Å². The third-order valence-electron chi connectivity index (χ3n) is 5.29. The Morgan fingerprint density at radius 1 is 1.12 bits per heavy atom. The van der Waals surface area contributed by atoms with Gasteiger partial charge in [0.25, 0.3) is 0 Å². The maximum absolute atomic E-state index is 13.0. The predicted molar refractivity (Wildman–Crippen MR) is 96.1 cm³/mol. The van der Waals surface area contributed by atoms with Crippen LogP contribution in [0.25, 0.3) is 0 Å². The van der Waals surface area contributed by atoms with Crippen LogP contribution in [0.5, 0.6) is 0 Å². The number of aromatic nitrogens is 2. The summed E-state index contributed by atoms with van der Waals surface area (Å²) in [5.41, 5.74) is 2.43. The van der Waals surface area contributed by atoms with E-state index < -0.39 is 10.0 Å². The molecule has 2 bridgehead atoms. The maximum atomic E-state index is 13.0. The number of hydrogen-bond acceptors (Lipinski definition) is 6. The SMILES string of the molecule is Cc1ncnc(N2CC3CC(C2)N3S(=O)(=O)c2ccc(C#N)cc2)c1C. The van der Waals surface area contributed by atoms with E-state index in [0.717, 1.165) is 23.5 Å². The first-order valence-electron chi connectivity index (χ1n) is 8.48. The molecule has 5 rings (SSSR count). The van der Waals surface area contributed by atoms with E-state index in [4.69, 9.17) is 5.26 Å². The Morgan fingerprint density at radius 3 is 2.38 bits per heavy atom. The Labute approximate surface area is 153 Å². The summed E-state index contributed by atoms with van der Waals surface area (Å²) < 4.78 is 27.6. The van der Waals surface area contributed by atoms with Gasteiger partial charge in [-0.3, -0.25) is 0 Å². The molecule has 3 fully saturated rings. The number of anilines is 1. The molecular weight excluding hydrogens is 350 g/mol. The van der Waals surface area contributed by atoms with Crippen molar-refractivity contribution < 1.29 is 8.42 Å². The highest BCUT2D eigenvalue weighted by Crippen LogP contribution is 2.39. The molecule has 134 valence electrons. The summed E-state index contributed by atoms with van der Waals surface area (Å²) in [6.07, 6.45) is 2.43. The fourth-order valence-electron chi connectivity index (χ4n) is 3.81. The van der Waals surface area contributed by atoms with Gasteiger partial charge in [-0.15, -0.1) is 0 Å².